The highest BCUT2D eigenvalue weighted by Crippen LogP contribution is 2.31. The average Bonchev–Trinajstić information content (AvgIpc) is 3.51. The van der Waals surface area contributed by atoms with Crippen molar-refractivity contribution < 1.29 is 13.2 Å². The molecule has 0 radical (unpaired) electrons. The Morgan fingerprint density at radius 2 is 1.71 bits per heavy atom. The summed E-state index contributed by atoms with van der Waals surface area (Å²) in [4.78, 5) is 15.0. The maximum absolute atomic E-state index is 13.2. The molecule has 0 saturated heterocycles. The predicted molar refractivity (Wildman–Crippen MR) is 112 cm³/mol. The Balaban J connectivity index is 1.75. The van der Waals surface area contributed by atoms with Gasteiger partial charge in [0.2, 0.25) is 15.9 Å². The SMILES string of the molecule is CC(C)N(CC(=O)Nc1ccccc1S(=O)(=O)N(C)C1CCCCC1)C1CC1. The normalized spacial score (nSPS) is 18.8. The summed E-state index contributed by atoms with van der Waals surface area (Å²) in [5.41, 5.74) is 0.370. The lowest BCUT2D eigenvalue weighted by Gasteiger charge is -2.31. The number of para-hydroxylation sites is 1. The number of benzene rings is 1. The summed E-state index contributed by atoms with van der Waals surface area (Å²) in [5.74, 6) is -0.163. The minimum absolute atomic E-state index is 0.0359. The molecular formula is C21H33N3O3S. The van der Waals surface area contributed by atoms with Gasteiger partial charge in [0.05, 0.1) is 12.2 Å². The average molecular weight is 408 g/mol. The van der Waals surface area contributed by atoms with Gasteiger partial charge >= 0.3 is 0 Å². The second-order valence-electron chi connectivity index (χ2n) is 8.35. The fourth-order valence-corrected chi connectivity index (χ4v) is 5.65. The van der Waals surface area contributed by atoms with E-state index < -0.39 is 10.0 Å². The molecule has 28 heavy (non-hydrogen) atoms. The van der Waals surface area contributed by atoms with Crippen molar-refractivity contribution in [2.75, 3.05) is 18.9 Å². The lowest BCUT2D eigenvalue weighted by atomic mass is 9.96. The molecule has 3 rings (SSSR count). The van der Waals surface area contributed by atoms with Crippen LogP contribution < -0.4 is 5.32 Å². The molecule has 2 aliphatic carbocycles. The highest BCUT2D eigenvalue weighted by molar-refractivity contribution is 7.89. The molecule has 0 atom stereocenters. The molecule has 1 amide bonds. The molecule has 6 nitrogen and oxygen atoms in total. The van der Waals surface area contributed by atoms with Crippen molar-refractivity contribution in [1.29, 1.82) is 0 Å². The summed E-state index contributed by atoms with van der Waals surface area (Å²) in [6.45, 7) is 4.46. The molecule has 0 unspecified atom stereocenters. The Bertz CT molecular complexity index is 782. The molecule has 1 N–H and O–H groups in total. The van der Waals surface area contributed by atoms with Crippen molar-refractivity contribution in [3.63, 3.8) is 0 Å². The minimum Gasteiger partial charge on any atom is -0.324 e. The van der Waals surface area contributed by atoms with Gasteiger partial charge in [0, 0.05) is 25.2 Å². The van der Waals surface area contributed by atoms with Crippen LogP contribution in [0.1, 0.15) is 58.8 Å². The molecule has 2 fully saturated rings. The summed E-state index contributed by atoms with van der Waals surface area (Å²) in [7, 11) is -1.99. The van der Waals surface area contributed by atoms with Crippen LogP contribution in [0.4, 0.5) is 5.69 Å². The quantitative estimate of drug-likeness (QED) is 0.717. The van der Waals surface area contributed by atoms with Gasteiger partial charge in [-0.05, 0) is 51.7 Å². The number of hydrogen-bond acceptors (Lipinski definition) is 4. The zero-order valence-corrected chi connectivity index (χ0v) is 18.0. The van der Waals surface area contributed by atoms with Crippen LogP contribution in [0.3, 0.4) is 0 Å². The predicted octanol–water partition coefficient (Wildman–Crippen LogP) is 3.45. The molecular weight excluding hydrogens is 374 g/mol. The van der Waals surface area contributed by atoms with Crippen LogP contribution >= 0.6 is 0 Å². The smallest absolute Gasteiger partial charge is 0.245 e. The van der Waals surface area contributed by atoms with Gasteiger partial charge < -0.3 is 5.32 Å². The van der Waals surface area contributed by atoms with Crippen molar-refractivity contribution in [1.82, 2.24) is 9.21 Å². The van der Waals surface area contributed by atoms with Gasteiger partial charge in [0.1, 0.15) is 4.90 Å². The van der Waals surface area contributed by atoms with E-state index in [0.29, 0.717) is 11.7 Å². The number of amides is 1. The zero-order valence-electron chi connectivity index (χ0n) is 17.2. The monoisotopic (exact) mass is 407 g/mol. The summed E-state index contributed by atoms with van der Waals surface area (Å²) in [5, 5.41) is 2.86. The molecule has 7 heteroatoms. The Kier molecular flexibility index (Phi) is 6.78. The Hall–Kier alpha value is -1.44. The van der Waals surface area contributed by atoms with Crippen LogP contribution in [0.5, 0.6) is 0 Å². The Morgan fingerprint density at radius 1 is 1.07 bits per heavy atom. The van der Waals surface area contributed by atoms with Crippen LogP contribution in [0.15, 0.2) is 29.2 Å². The third-order valence-electron chi connectivity index (χ3n) is 5.91. The number of sulfonamides is 1. The highest BCUT2D eigenvalue weighted by Gasteiger charge is 2.33. The molecule has 0 bridgehead atoms. The lowest BCUT2D eigenvalue weighted by Crippen LogP contribution is -2.40. The second kappa shape index (κ2) is 8.93. The maximum atomic E-state index is 13.2. The third kappa shape index (κ3) is 4.93. The number of carbonyl (C=O) groups excluding carboxylic acids is 1. The van der Waals surface area contributed by atoms with E-state index in [-0.39, 0.29) is 29.4 Å². The van der Waals surface area contributed by atoms with Crippen molar-refractivity contribution in [2.45, 2.75) is 81.8 Å². The van der Waals surface area contributed by atoms with Crippen LogP contribution in [0, 0.1) is 0 Å². The van der Waals surface area contributed by atoms with Gasteiger partial charge in [0.15, 0.2) is 0 Å². The van der Waals surface area contributed by atoms with E-state index in [0.717, 1.165) is 38.5 Å². The van der Waals surface area contributed by atoms with E-state index >= 15 is 0 Å². The molecule has 0 spiro atoms. The zero-order chi connectivity index (χ0) is 20.3. The first kappa shape index (κ1) is 21.3. The highest BCUT2D eigenvalue weighted by atomic mass is 32.2. The summed E-state index contributed by atoms with van der Waals surface area (Å²) in [6, 6.07) is 7.53. The van der Waals surface area contributed by atoms with Gasteiger partial charge in [0.25, 0.3) is 0 Å². The molecule has 0 heterocycles. The first-order valence-corrected chi connectivity index (χ1v) is 11.9. The van der Waals surface area contributed by atoms with Crippen LogP contribution in [-0.2, 0) is 14.8 Å². The Labute approximate surface area is 169 Å². The summed E-state index contributed by atoms with van der Waals surface area (Å²) in [6.07, 6.45) is 7.35. The third-order valence-corrected chi connectivity index (χ3v) is 7.88. The van der Waals surface area contributed by atoms with Crippen LogP contribution in [0.2, 0.25) is 0 Å². The molecule has 156 valence electrons. The minimum atomic E-state index is -3.66. The van der Waals surface area contributed by atoms with Crippen molar-refractivity contribution in [3.05, 3.63) is 24.3 Å². The summed E-state index contributed by atoms with van der Waals surface area (Å²) >= 11 is 0. The van der Waals surface area contributed by atoms with E-state index in [9.17, 15) is 13.2 Å². The van der Waals surface area contributed by atoms with Crippen molar-refractivity contribution >= 4 is 21.6 Å². The van der Waals surface area contributed by atoms with E-state index in [1.807, 2.05) is 0 Å². The first-order valence-electron chi connectivity index (χ1n) is 10.4. The van der Waals surface area contributed by atoms with Gasteiger partial charge in [-0.25, -0.2) is 8.42 Å². The number of nitrogens with zero attached hydrogens (tertiary/aromatic N) is 2. The molecule has 2 saturated carbocycles. The second-order valence-corrected chi connectivity index (χ2v) is 10.3. The number of hydrogen-bond donors (Lipinski definition) is 1. The van der Waals surface area contributed by atoms with E-state index in [1.54, 1.807) is 31.3 Å². The summed E-state index contributed by atoms with van der Waals surface area (Å²) < 4.78 is 28.0. The standard InChI is InChI=1S/C21H33N3O3S/c1-16(2)24(18-13-14-18)15-21(25)22-19-11-7-8-12-20(19)28(26,27)23(3)17-9-5-4-6-10-17/h7-8,11-12,16-18H,4-6,9-10,13-15H2,1-3H3,(H,22,25). The van der Waals surface area contributed by atoms with Crippen molar-refractivity contribution in [2.24, 2.45) is 0 Å². The molecule has 2 aliphatic rings. The number of anilines is 1. The number of nitrogens with one attached hydrogen (secondary N) is 1. The van der Waals surface area contributed by atoms with E-state index in [2.05, 4.69) is 24.1 Å². The van der Waals surface area contributed by atoms with E-state index in [1.165, 1.54) is 10.7 Å². The largest absolute Gasteiger partial charge is 0.324 e. The van der Waals surface area contributed by atoms with E-state index in [4.69, 9.17) is 0 Å². The van der Waals surface area contributed by atoms with Gasteiger partial charge in [-0.15, -0.1) is 0 Å². The fourth-order valence-electron chi connectivity index (χ4n) is 4.09. The molecule has 0 aromatic heterocycles. The topological polar surface area (TPSA) is 69.7 Å². The molecule has 1 aromatic carbocycles. The van der Waals surface area contributed by atoms with Crippen LogP contribution in [0.25, 0.3) is 0 Å². The fraction of sp³-hybridized carbons (Fsp3) is 0.667. The number of rotatable bonds is 8. The number of carbonyl (C=O) groups is 1. The van der Waals surface area contributed by atoms with Gasteiger partial charge in [-0.3, -0.25) is 9.69 Å². The maximum Gasteiger partial charge on any atom is 0.245 e. The molecule has 0 aliphatic heterocycles. The Morgan fingerprint density at radius 3 is 2.32 bits per heavy atom. The van der Waals surface area contributed by atoms with Gasteiger partial charge in [-0.2, -0.15) is 4.31 Å². The van der Waals surface area contributed by atoms with Crippen molar-refractivity contribution in [3.8, 4) is 0 Å². The lowest BCUT2D eigenvalue weighted by molar-refractivity contribution is -0.117. The van der Waals surface area contributed by atoms with Gasteiger partial charge in [-0.1, -0.05) is 31.4 Å². The molecule has 1 aromatic rings. The van der Waals surface area contributed by atoms with Crippen LogP contribution in [-0.4, -0.2) is 55.2 Å². The first-order chi connectivity index (χ1) is 13.3.